The summed E-state index contributed by atoms with van der Waals surface area (Å²) in [6, 6.07) is 10.8. The average molecular weight is 282 g/mol. The topological polar surface area (TPSA) is 32.3 Å². The lowest BCUT2D eigenvalue weighted by Gasteiger charge is -2.27. The van der Waals surface area contributed by atoms with E-state index < -0.39 is 0 Å². The van der Waals surface area contributed by atoms with E-state index in [1.807, 2.05) is 19.0 Å². The van der Waals surface area contributed by atoms with Gasteiger partial charge in [0.05, 0.1) is 0 Å². The molecule has 0 bridgehead atoms. The Bertz CT molecular complexity index is 605. The van der Waals surface area contributed by atoms with Crippen molar-refractivity contribution in [1.29, 1.82) is 0 Å². The van der Waals surface area contributed by atoms with E-state index in [0.717, 1.165) is 18.2 Å². The molecule has 1 saturated carbocycles. The predicted molar refractivity (Wildman–Crippen MR) is 87.0 cm³/mol. The maximum absolute atomic E-state index is 4.53. The van der Waals surface area contributed by atoms with Gasteiger partial charge in [0.15, 0.2) is 11.6 Å². The van der Waals surface area contributed by atoms with Crippen LogP contribution in [0, 0.1) is 0 Å². The minimum atomic E-state index is 0.289. The van der Waals surface area contributed by atoms with Crippen LogP contribution in [0.4, 0.5) is 11.6 Å². The highest BCUT2D eigenvalue weighted by atomic mass is 15.2. The molecule has 0 aliphatic heterocycles. The molecule has 4 nitrogen and oxygen atoms in total. The molecule has 0 atom stereocenters. The number of benzene rings is 1. The zero-order chi connectivity index (χ0) is 14.9. The van der Waals surface area contributed by atoms with Crippen molar-refractivity contribution in [2.45, 2.75) is 18.3 Å². The van der Waals surface area contributed by atoms with Crippen molar-refractivity contribution in [3.8, 4) is 0 Å². The van der Waals surface area contributed by atoms with Crippen molar-refractivity contribution in [2.24, 2.45) is 0 Å². The summed E-state index contributed by atoms with van der Waals surface area (Å²) in [5, 5.41) is 0. The molecule has 0 amide bonds. The standard InChI is InChI=1S/C17H22N4/c1-20(2)15-16(19-12-11-18-15)21(3)13-17(9-10-17)14-7-5-4-6-8-14/h4-8,11-12H,9-10,13H2,1-3H3. The highest BCUT2D eigenvalue weighted by Gasteiger charge is 2.45. The van der Waals surface area contributed by atoms with E-state index in [1.165, 1.54) is 18.4 Å². The summed E-state index contributed by atoms with van der Waals surface area (Å²) in [6.45, 7) is 0.983. The van der Waals surface area contributed by atoms with E-state index in [4.69, 9.17) is 0 Å². The Hall–Kier alpha value is -2.10. The van der Waals surface area contributed by atoms with Crippen LogP contribution in [0.5, 0.6) is 0 Å². The van der Waals surface area contributed by atoms with Gasteiger partial charge in [0.25, 0.3) is 0 Å². The Labute approximate surface area is 126 Å². The molecule has 1 aliphatic carbocycles. The van der Waals surface area contributed by atoms with E-state index in [-0.39, 0.29) is 5.41 Å². The summed E-state index contributed by atoms with van der Waals surface area (Å²) < 4.78 is 0. The summed E-state index contributed by atoms with van der Waals surface area (Å²) in [5.41, 5.74) is 1.73. The van der Waals surface area contributed by atoms with Crippen LogP contribution >= 0.6 is 0 Å². The van der Waals surface area contributed by atoms with E-state index >= 15 is 0 Å². The molecule has 21 heavy (non-hydrogen) atoms. The largest absolute Gasteiger partial charge is 0.360 e. The third-order valence-electron chi connectivity index (χ3n) is 4.23. The third-order valence-corrected chi connectivity index (χ3v) is 4.23. The van der Waals surface area contributed by atoms with Gasteiger partial charge in [-0.25, -0.2) is 9.97 Å². The Morgan fingerprint density at radius 3 is 2.14 bits per heavy atom. The molecule has 0 unspecified atom stereocenters. The first-order valence-electron chi connectivity index (χ1n) is 7.37. The number of aromatic nitrogens is 2. The fraction of sp³-hybridized carbons (Fsp3) is 0.412. The fourth-order valence-corrected chi connectivity index (χ4v) is 2.92. The van der Waals surface area contributed by atoms with Gasteiger partial charge < -0.3 is 9.80 Å². The predicted octanol–water partition coefficient (Wildman–Crippen LogP) is 2.71. The summed E-state index contributed by atoms with van der Waals surface area (Å²) >= 11 is 0. The number of nitrogens with zero attached hydrogens (tertiary/aromatic N) is 4. The van der Waals surface area contributed by atoms with Crippen molar-refractivity contribution in [2.75, 3.05) is 37.5 Å². The molecule has 0 N–H and O–H groups in total. The number of hydrogen-bond acceptors (Lipinski definition) is 4. The Kier molecular flexibility index (Phi) is 3.53. The van der Waals surface area contributed by atoms with Gasteiger partial charge in [0.2, 0.25) is 0 Å². The van der Waals surface area contributed by atoms with Crippen LogP contribution in [0.15, 0.2) is 42.7 Å². The lowest BCUT2D eigenvalue weighted by molar-refractivity contribution is 0.667. The highest BCUT2D eigenvalue weighted by Crippen LogP contribution is 2.49. The normalized spacial score (nSPS) is 15.6. The molecule has 110 valence electrons. The second kappa shape index (κ2) is 5.35. The molecule has 3 rings (SSSR count). The van der Waals surface area contributed by atoms with Crippen molar-refractivity contribution in [1.82, 2.24) is 9.97 Å². The van der Waals surface area contributed by atoms with Gasteiger partial charge in [0.1, 0.15) is 0 Å². The lowest BCUT2D eigenvalue weighted by Crippen LogP contribution is -2.31. The molecular formula is C17H22N4. The first kappa shape index (κ1) is 13.9. The molecule has 4 heteroatoms. The zero-order valence-corrected chi connectivity index (χ0v) is 13.0. The number of likely N-dealkylation sites (N-methyl/N-ethyl adjacent to an activating group) is 1. The van der Waals surface area contributed by atoms with Gasteiger partial charge in [-0.1, -0.05) is 30.3 Å². The maximum Gasteiger partial charge on any atom is 0.171 e. The van der Waals surface area contributed by atoms with Crippen LogP contribution < -0.4 is 9.80 Å². The second-order valence-corrected chi connectivity index (χ2v) is 6.10. The first-order chi connectivity index (χ1) is 10.1. The summed E-state index contributed by atoms with van der Waals surface area (Å²) in [6.07, 6.45) is 6.01. The fourth-order valence-electron chi connectivity index (χ4n) is 2.92. The molecule has 1 fully saturated rings. The van der Waals surface area contributed by atoms with E-state index in [1.54, 1.807) is 12.4 Å². The van der Waals surface area contributed by atoms with Crippen LogP contribution in [0.1, 0.15) is 18.4 Å². The zero-order valence-electron chi connectivity index (χ0n) is 13.0. The molecule has 0 radical (unpaired) electrons. The van der Waals surface area contributed by atoms with Crippen molar-refractivity contribution in [3.05, 3.63) is 48.3 Å². The molecule has 1 aliphatic rings. The van der Waals surface area contributed by atoms with Gasteiger partial charge in [-0.3, -0.25) is 0 Å². The molecule has 0 spiro atoms. The Balaban J connectivity index is 1.83. The number of rotatable bonds is 5. The highest BCUT2D eigenvalue weighted by molar-refractivity contribution is 5.61. The quantitative estimate of drug-likeness (QED) is 0.844. The lowest BCUT2D eigenvalue weighted by atomic mass is 9.95. The SMILES string of the molecule is CN(C)c1nccnc1N(C)CC1(c2ccccc2)CC1. The van der Waals surface area contributed by atoms with Gasteiger partial charge in [-0.05, 0) is 18.4 Å². The van der Waals surface area contributed by atoms with Gasteiger partial charge in [-0.2, -0.15) is 0 Å². The van der Waals surface area contributed by atoms with E-state index in [0.29, 0.717) is 0 Å². The molecular weight excluding hydrogens is 260 g/mol. The van der Waals surface area contributed by atoms with E-state index in [2.05, 4.69) is 52.2 Å². The van der Waals surface area contributed by atoms with Crippen LogP contribution in [-0.2, 0) is 5.41 Å². The average Bonchev–Trinajstić information content (AvgIpc) is 3.29. The second-order valence-electron chi connectivity index (χ2n) is 6.10. The van der Waals surface area contributed by atoms with Crippen LogP contribution in [0.3, 0.4) is 0 Å². The first-order valence-corrected chi connectivity index (χ1v) is 7.37. The number of anilines is 2. The summed E-state index contributed by atoms with van der Waals surface area (Å²) in [5.74, 6) is 1.87. The van der Waals surface area contributed by atoms with Gasteiger partial charge >= 0.3 is 0 Å². The molecule has 0 saturated heterocycles. The molecule has 1 heterocycles. The maximum atomic E-state index is 4.53. The third kappa shape index (κ3) is 2.71. The van der Waals surface area contributed by atoms with Gasteiger partial charge in [0, 0.05) is 45.5 Å². The minimum Gasteiger partial charge on any atom is -0.360 e. The summed E-state index contributed by atoms with van der Waals surface area (Å²) in [4.78, 5) is 13.2. The molecule has 2 aromatic rings. The Morgan fingerprint density at radius 1 is 0.952 bits per heavy atom. The van der Waals surface area contributed by atoms with Crippen LogP contribution in [0.2, 0.25) is 0 Å². The monoisotopic (exact) mass is 282 g/mol. The van der Waals surface area contributed by atoms with E-state index in [9.17, 15) is 0 Å². The van der Waals surface area contributed by atoms with Crippen molar-refractivity contribution < 1.29 is 0 Å². The van der Waals surface area contributed by atoms with Crippen LogP contribution in [0.25, 0.3) is 0 Å². The smallest absolute Gasteiger partial charge is 0.171 e. The van der Waals surface area contributed by atoms with Crippen molar-refractivity contribution in [3.63, 3.8) is 0 Å². The van der Waals surface area contributed by atoms with Gasteiger partial charge in [-0.15, -0.1) is 0 Å². The minimum absolute atomic E-state index is 0.289. The number of hydrogen-bond donors (Lipinski definition) is 0. The van der Waals surface area contributed by atoms with Crippen LogP contribution in [-0.4, -0.2) is 37.7 Å². The molecule has 1 aromatic carbocycles. The Morgan fingerprint density at radius 2 is 1.57 bits per heavy atom. The van der Waals surface area contributed by atoms with Crippen molar-refractivity contribution >= 4 is 11.6 Å². The molecule has 1 aromatic heterocycles. The summed E-state index contributed by atoms with van der Waals surface area (Å²) in [7, 11) is 6.12.